The summed E-state index contributed by atoms with van der Waals surface area (Å²) >= 11 is 1.68. The lowest BCUT2D eigenvalue weighted by atomic mass is 9.92. The van der Waals surface area contributed by atoms with E-state index in [-0.39, 0.29) is 24.0 Å². The van der Waals surface area contributed by atoms with Crippen LogP contribution in [0.1, 0.15) is 55.4 Å². The van der Waals surface area contributed by atoms with Crippen LogP contribution in [0.25, 0.3) is 17.1 Å². The van der Waals surface area contributed by atoms with Crippen molar-refractivity contribution in [3.05, 3.63) is 94.9 Å². The molecule has 3 heterocycles. The molecule has 0 fully saturated rings. The molecular weight excluding hydrogens is 649 g/mol. The molecule has 3 amide bonds. The van der Waals surface area contributed by atoms with Gasteiger partial charge in [0.05, 0.1) is 17.9 Å². The Balaban J connectivity index is 1.01. The summed E-state index contributed by atoms with van der Waals surface area (Å²) < 4.78 is 10.0. The number of rotatable bonds is 8. The molecule has 5 aromatic rings. The number of fused-ring (bicyclic) bond motifs is 2. The molecule has 1 aliphatic carbocycles. The number of urea groups is 1. The van der Waals surface area contributed by atoms with E-state index in [4.69, 9.17) is 9.84 Å². The highest BCUT2D eigenvalue weighted by atomic mass is 32.2. The molecular formula is C38H42N8O3S. The zero-order valence-electron chi connectivity index (χ0n) is 29.1. The molecule has 2 aromatic heterocycles. The number of nitrogens with zero attached hydrogens (tertiary/aromatic N) is 6. The van der Waals surface area contributed by atoms with Gasteiger partial charge in [-0.3, -0.25) is 10.1 Å². The van der Waals surface area contributed by atoms with Crippen LogP contribution in [-0.2, 0) is 36.1 Å². The number of ether oxygens (including phenoxy) is 1. The molecule has 3 aromatic carbocycles. The first-order valence-electron chi connectivity index (χ1n) is 17.0. The molecule has 0 bridgehead atoms. The van der Waals surface area contributed by atoms with E-state index < -0.39 is 0 Å². The number of anilines is 2. The molecule has 1 aliphatic heterocycles. The standard InChI is InChI=1S/C38H42N8O3S/c1-24-13-15-25(16-14-24)46-33(21-32(43-46)38(2,3)4)40-37(48)39-29-17-18-30(27-11-8-10-26(27)29)49-23-35(47)44-19-20-45-34(22-44)41-42-36(45)28-9-6-7-12-31(28)50-5/h6-7,9,12-18,21H,8,10-11,19-20,22-23H2,1-5H3,(H2,39,40,48). The van der Waals surface area contributed by atoms with Crippen molar-refractivity contribution in [1.82, 2.24) is 29.4 Å². The van der Waals surface area contributed by atoms with Gasteiger partial charge in [-0.1, -0.05) is 56.7 Å². The second-order valence-electron chi connectivity index (χ2n) is 13.8. The number of amides is 3. The molecule has 12 heteroatoms. The first-order chi connectivity index (χ1) is 24.1. The third-order valence-electron chi connectivity index (χ3n) is 9.29. The van der Waals surface area contributed by atoms with Crippen LogP contribution in [0.3, 0.4) is 0 Å². The Bertz CT molecular complexity index is 2060. The largest absolute Gasteiger partial charge is 0.483 e. The van der Waals surface area contributed by atoms with E-state index in [2.05, 4.69) is 64.6 Å². The lowest BCUT2D eigenvalue weighted by molar-refractivity contribution is -0.134. The maximum atomic E-state index is 13.4. The summed E-state index contributed by atoms with van der Waals surface area (Å²) in [5, 5.41) is 19.8. The summed E-state index contributed by atoms with van der Waals surface area (Å²) in [4.78, 5) is 29.6. The molecule has 11 nitrogen and oxygen atoms in total. The first-order valence-corrected chi connectivity index (χ1v) is 18.2. The van der Waals surface area contributed by atoms with E-state index >= 15 is 0 Å². The Kier molecular flexibility index (Phi) is 9.13. The van der Waals surface area contributed by atoms with E-state index in [1.165, 1.54) is 0 Å². The van der Waals surface area contributed by atoms with Gasteiger partial charge in [-0.25, -0.2) is 9.48 Å². The van der Waals surface area contributed by atoms with Gasteiger partial charge < -0.3 is 19.5 Å². The predicted molar refractivity (Wildman–Crippen MR) is 196 cm³/mol. The summed E-state index contributed by atoms with van der Waals surface area (Å²) in [6, 6.07) is 21.5. The van der Waals surface area contributed by atoms with Crippen LogP contribution in [0.4, 0.5) is 16.3 Å². The average molecular weight is 691 g/mol. The van der Waals surface area contributed by atoms with Gasteiger partial charge in [0, 0.05) is 40.7 Å². The van der Waals surface area contributed by atoms with E-state index in [9.17, 15) is 9.59 Å². The predicted octanol–water partition coefficient (Wildman–Crippen LogP) is 7.01. The number of thioether (sulfide) groups is 1. The molecule has 2 aliphatic rings. The highest BCUT2D eigenvalue weighted by molar-refractivity contribution is 7.98. The third kappa shape index (κ3) is 6.72. The molecule has 0 unspecified atom stereocenters. The topological polar surface area (TPSA) is 119 Å². The van der Waals surface area contributed by atoms with Gasteiger partial charge in [-0.2, -0.15) is 5.10 Å². The molecule has 0 radical (unpaired) electrons. The van der Waals surface area contributed by atoms with Gasteiger partial charge in [-0.05, 0) is 73.9 Å². The molecule has 2 N–H and O–H groups in total. The van der Waals surface area contributed by atoms with Crippen LogP contribution in [0.15, 0.2) is 71.6 Å². The van der Waals surface area contributed by atoms with Crippen molar-refractivity contribution in [2.75, 3.05) is 30.0 Å². The normalized spacial score (nSPS) is 13.9. The highest BCUT2D eigenvalue weighted by Gasteiger charge is 2.28. The Labute approximate surface area is 296 Å². The van der Waals surface area contributed by atoms with E-state index in [1.807, 2.05) is 61.5 Å². The van der Waals surface area contributed by atoms with Crippen LogP contribution in [0, 0.1) is 6.92 Å². The maximum Gasteiger partial charge on any atom is 0.324 e. The number of carbonyl (C=O) groups excluding carboxylic acids is 2. The molecule has 50 heavy (non-hydrogen) atoms. The van der Waals surface area contributed by atoms with Gasteiger partial charge in [-0.15, -0.1) is 22.0 Å². The van der Waals surface area contributed by atoms with Crippen molar-refractivity contribution in [3.63, 3.8) is 0 Å². The third-order valence-corrected chi connectivity index (χ3v) is 10.1. The summed E-state index contributed by atoms with van der Waals surface area (Å²) in [7, 11) is 0. The molecule has 0 atom stereocenters. The van der Waals surface area contributed by atoms with Crippen LogP contribution in [0.2, 0.25) is 0 Å². The van der Waals surface area contributed by atoms with Crippen molar-refractivity contribution in [3.8, 4) is 22.8 Å². The van der Waals surface area contributed by atoms with Crippen LogP contribution < -0.4 is 15.4 Å². The van der Waals surface area contributed by atoms with Gasteiger partial charge in [0.25, 0.3) is 5.91 Å². The zero-order valence-corrected chi connectivity index (χ0v) is 29.9. The Morgan fingerprint density at radius 1 is 0.940 bits per heavy atom. The highest BCUT2D eigenvalue weighted by Crippen LogP contribution is 2.37. The molecule has 7 rings (SSSR count). The molecule has 0 spiro atoms. The number of aromatic nitrogens is 5. The minimum absolute atomic E-state index is 0.0743. The fourth-order valence-corrected chi connectivity index (χ4v) is 7.14. The quantitative estimate of drug-likeness (QED) is 0.168. The number of nitrogens with one attached hydrogen (secondary N) is 2. The number of carbonyl (C=O) groups is 2. The van der Waals surface area contributed by atoms with Gasteiger partial charge >= 0.3 is 6.03 Å². The van der Waals surface area contributed by atoms with Crippen LogP contribution in [-0.4, -0.2) is 60.8 Å². The van der Waals surface area contributed by atoms with Crippen LogP contribution >= 0.6 is 11.8 Å². The zero-order chi connectivity index (χ0) is 35.0. The van der Waals surface area contributed by atoms with Gasteiger partial charge in [0.1, 0.15) is 11.6 Å². The summed E-state index contributed by atoms with van der Waals surface area (Å²) in [5.74, 6) is 2.77. The van der Waals surface area contributed by atoms with Crippen LogP contribution in [0.5, 0.6) is 5.75 Å². The summed E-state index contributed by atoms with van der Waals surface area (Å²) in [6.45, 7) is 9.81. The van der Waals surface area contributed by atoms with Crippen molar-refractivity contribution >= 4 is 35.2 Å². The smallest absolute Gasteiger partial charge is 0.324 e. The lowest BCUT2D eigenvalue weighted by Gasteiger charge is -2.28. The minimum atomic E-state index is -0.352. The average Bonchev–Trinajstić information content (AvgIpc) is 3.87. The van der Waals surface area contributed by atoms with Gasteiger partial charge in [0.15, 0.2) is 18.3 Å². The number of hydrogen-bond acceptors (Lipinski definition) is 7. The first kappa shape index (κ1) is 33.4. The molecule has 258 valence electrons. The fraction of sp³-hybridized carbons (Fsp3) is 0.342. The van der Waals surface area contributed by atoms with E-state index in [0.29, 0.717) is 31.2 Å². The SMILES string of the molecule is CSc1ccccc1-c1nnc2n1CCN(C(=O)COc1ccc(NC(=O)Nc3cc(C(C)(C)C)nn3-c3ccc(C)cc3)c3c1CCC3)C2. The molecule has 0 saturated carbocycles. The Morgan fingerprint density at radius 3 is 2.50 bits per heavy atom. The van der Waals surface area contributed by atoms with E-state index in [0.717, 1.165) is 75.1 Å². The van der Waals surface area contributed by atoms with Crippen molar-refractivity contribution in [1.29, 1.82) is 0 Å². The molecule has 0 saturated heterocycles. The fourth-order valence-electron chi connectivity index (χ4n) is 6.54. The second kappa shape index (κ2) is 13.7. The van der Waals surface area contributed by atoms with E-state index in [1.54, 1.807) is 21.3 Å². The second-order valence-corrected chi connectivity index (χ2v) is 14.7. The summed E-state index contributed by atoms with van der Waals surface area (Å²) in [6.07, 6.45) is 4.63. The lowest BCUT2D eigenvalue weighted by Crippen LogP contribution is -2.41. The Morgan fingerprint density at radius 2 is 1.72 bits per heavy atom. The maximum absolute atomic E-state index is 13.4. The summed E-state index contributed by atoms with van der Waals surface area (Å²) in [5.41, 5.74) is 6.55. The van der Waals surface area contributed by atoms with Crippen molar-refractivity contribution < 1.29 is 14.3 Å². The van der Waals surface area contributed by atoms with Crippen molar-refractivity contribution in [2.24, 2.45) is 0 Å². The van der Waals surface area contributed by atoms with Crippen molar-refractivity contribution in [2.45, 2.75) is 70.4 Å². The monoisotopic (exact) mass is 690 g/mol. The Hall–Kier alpha value is -5.10. The number of hydrogen-bond donors (Lipinski definition) is 2. The minimum Gasteiger partial charge on any atom is -0.483 e. The van der Waals surface area contributed by atoms with Gasteiger partial charge in [0.2, 0.25) is 0 Å². The number of benzene rings is 3. The number of aryl methyl sites for hydroxylation is 1.